The van der Waals surface area contributed by atoms with Crippen molar-refractivity contribution in [3.8, 4) is 0 Å². The predicted molar refractivity (Wildman–Crippen MR) is 77.6 cm³/mol. The molecule has 1 fully saturated rings. The van der Waals surface area contributed by atoms with E-state index in [2.05, 4.69) is 12.2 Å². The third-order valence-corrected chi connectivity index (χ3v) is 3.97. The molecule has 0 unspecified atom stereocenters. The Hall–Kier alpha value is -1.43. The van der Waals surface area contributed by atoms with E-state index in [1.54, 1.807) is 17.0 Å². The maximum atomic E-state index is 12.5. The van der Waals surface area contributed by atoms with Crippen LogP contribution in [0.25, 0.3) is 0 Å². The molecule has 1 aromatic heterocycles. The predicted octanol–water partition coefficient (Wildman–Crippen LogP) is 2.21. The number of halogens is 2. The summed E-state index contributed by atoms with van der Waals surface area (Å²) in [5.41, 5.74) is 0.362. The number of nitrogens with zero attached hydrogens (tertiary/aromatic N) is 2. The van der Waals surface area contributed by atoms with E-state index in [1.165, 1.54) is 10.8 Å². The molecule has 1 aromatic rings. The second-order valence-corrected chi connectivity index (χ2v) is 5.48. The van der Waals surface area contributed by atoms with Gasteiger partial charge in [-0.05, 0) is 44.0 Å². The highest BCUT2D eigenvalue weighted by Crippen LogP contribution is 2.19. The molecular formula is C15H23F2N3O. The molecule has 0 aliphatic carbocycles. The van der Waals surface area contributed by atoms with E-state index in [9.17, 15) is 13.6 Å². The molecule has 118 valence electrons. The van der Waals surface area contributed by atoms with Crippen molar-refractivity contribution >= 4 is 5.91 Å². The minimum absolute atomic E-state index is 0.137. The van der Waals surface area contributed by atoms with Gasteiger partial charge in [-0.2, -0.15) is 0 Å². The van der Waals surface area contributed by atoms with Crippen LogP contribution < -0.4 is 5.32 Å². The fourth-order valence-electron chi connectivity index (χ4n) is 2.77. The molecule has 1 saturated heterocycles. The molecule has 2 rings (SSSR count). The van der Waals surface area contributed by atoms with Crippen molar-refractivity contribution in [3.05, 3.63) is 24.0 Å². The van der Waals surface area contributed by atoms with E-state index in [-0.39, 0.29) is 5.91 Å². The number of carbonyl (C=O) groups is 1. The van der Waals surface area contributed by atoms with Gasteiger partial charge in [0.25, 0.3) is 12.3 Å². The van der Waals surface area contributed by atoms with Gasteiger partial charge in [-0.25, -0.2) is 8.78 Å². The standard InChI is InChI=1S/C15H23F2N3O/c1-2-18-10-12-5-8-19(9-6-12)15(21)13-4-3-7-20(13)11-14(16)17/h3-4,7,12,14,18H,2,5-6,8-11H2,1H3. The highest BCUT2D eigenvalue weighted by molar-refractivity contribution is 5.92. The summed E-state index contributed by atoms with van der Waals surface area (Å²) < 4.78 is 26.3. The van der Waals surface area contributed by atoms with E-state index in [0.717, 1.165) is 25.9 Å². The lowest BCUT2D eigenvalue weighted by Crippen LogP contribution is -2.41. The van der Waals surface area contributed by atoms with Gasteiger partial charge in [-0.1, -0.05) is 6.92 Å². The fraction of sp³-hybridized carbons (Fsp3) is 0.667. The minimum atomic E-state index is -2.45. The first kappa shape index (κ1) is 15.9. The number of aromatic nitrogens is 1. The molecule has 0 bridgehead atoms. The van der Waals surface area contributed by atoms with Crippen LogP contribution in [0.1, 0.15) is 30.3 Å². The fourth-order valence-corrected chi connectivity index (χ4v) is 2.77. The first-order valence-electron chi connectivity index (χ1n) is 7.55. The van der Waals surface area contributed by atoms with Gasteiger partial charge in [0.05, 0.1) is 6.54 Å². The van der Waals surface area contributed by atoms with Crippen LogP contribution in [0.2, 0.25) is 0 Å². The van der Waals surface area contributed by atoms with Crippen LogP contribution >= 0.6 is 0 Å². The van der Waals surface area contributed by atoms with Crippen LogP contribution in [0, 0.1) is 5.92 Å². The van der Waals surface area contributed by atoms with Crippen LogP contribution in [0.15, 0.2) is 18.3 Å². The lowest BCUT2D eigenvalue weighted by Gasteiger charge is -2.32. The van der Waals surface area contributed by atoms with Gasteiger partial charge in [0.2, 0.25) is 0 Å². The maximum Gasteiger partial charge on any atom is 0.270 e. The second kappa shape index (κ2) is 7.54. The number of rotatable bonds is 6. The van der Waals surface area contributed by atoms with Crippen molar-refractivity contribution in [3.63, 3.8) is 0 Å². The molecule has 2 heterocycles. The molecule has 1 amide bonds. The summed E-state index contributed by atoms with van der Waals surface area (Å²) in [6.07, 6.45) is 1.02. The van der Waals surface area contributed by atoms with Crippen molar-refractivity contribution in [2.45, 2.75) is 32.7 Å². The highest BCUT2D eigenvalue weighted by atomic mass is 19.3. The Kier molecular flexibility index (Phi) is 5.73. The zero-order valence-corrected chi connectivity index (χ0v) is 12.4. The van der Waals surface area contributed by atoms with Gasteiger partial charge in [-0.3, -0.25) is 4.79 Å². The average Bonchev–Trinajstić information content (AvgIpc) is 2.92. The second-order valence-electron chi connectivity index (χ2n) is 5.48. The molecule has 0 radical (unpaired) electrons. The van der Waals surface area contributed by atoms with Gasteiger partial charge in [0, 0.05) is 19.3 Å². The van der Waals surface area contributed by atoms with E-state index < -0.39 is 13.0 Å². The molecular weight excluding hydrogens is 276 g/mol. The Bertz CT molecular complexity index is 454. The van der Waals surface area contributed by atoms with Crippen molar-refractivity contribution in [2.75, 3.05) is 26.2 Å². The topological polar surface area (TPSA) is 37.3 Å². The molecule has 0 aromatic carbocycles. The number of amides is 1. The summed E-state index contributed by atoms with van der Waals surface area (Å²) in [4.78, 5) is 14.2. The summed E-state index contributed by atoms with van der Waals surface area (Å²) >= 11 is 0. The number of nitrogens with one attached hydrogen (secondary N) is 1. The Morgan fingerprint density at radius 1 is 1.43 bits per heavy atom. The van der Waals surface area contributed by atoms with Crippen LogP contribution in [-0.2, 0) is 6.54 Å². The summed E-state index contributed by atoms with van der Waals surface area (Å²) in [7, 11) is 0. The third-order valence-electron chi connectivity index (χ3n) is 3.97. The Balaban J connectivity index is 1.91. The molecule has 0 spiro atoms. The number of hydrogen-bond donors (Lipinski definition) is 1. The lowest BCUT2D eigenvalue weighted by molar-refractivity contribution is 0.0670. The van der Waals surface area contributed by atoms with E-state index in [0.29, 0.717) is 24.7 Å². The molecule has 6 heteroatoms. The zero-order chi connectivity index (χ0) is 15.2. The Morgan fingerprint density at radius 2 is 2.14 bits per heavy atom. The van der Waals surface area contributed by atoms with Crippen LogP contribution in [0.3, 0.4) is 0 Å². The average molecular weight is 299 g/mol. The summed E-state index contributed by atoms with van der Waals surface area (Å²) in [6.45, 7) is 5.00. The molecule has 1 aliphatic rings. The zero-order valence-electron chi connectivity index (χ0n) is 12.4. The lowest BCUT2D eigenvalue weighted by atomic mass is 9.96. The molecule has 0 saturated carbocycles. The van der Waals surface area contributed by atoms with Crippen molar-refractivity contribution in [1.29, 1.82) is 0 Å². The third kappa shape index (κ3) is 4.27. The molecule has 1 aliphatic heterocycles. The number of alkyl halides is 2. The van der Waals surface area contributed by atoms with Crippen LogP contribution in [0.5, 0.6) is 0 Å². The van der Waals surface area contributed by atoms with E-state index >= 15 is 0 Å². The van der Waals surface area contributed by atoms with Crippen molar-refractivity contribution in [1.82, 2.24) is 14.8 Å². The maximum absolute atomic E-state index is 12.5. The SMILES string of the molecule is CCNCC1CCN(C(=O)c2cccn2CC(F)F)CC1. The summed E-state index contributed by atoms with van der Waals surface area (Å²) in [5.74, 6) is 0.462. The van der Waals surface area contributed by atoms with Gasteiger partial charge >= 0.3 is 0 Å². The number of piperidine rings is 1. The number of hydrogen-bond acceptors (Lipinski definition) is 2. The highest BCUT2D eigenvalue weighted by Gasteiger charge is 2.25. The molecule has 21 heavy (non-hydrogen) atoms. The molecule has 1 N–H and O–H groups in total. The molecule has 4 nitrogen and oxygen atoms in total. The van der Waals surface area contributed by atoms with Crippen LogP contribution in [0.4, 0.5) is 8.78 Å². The normalized spacial score (nSPS) is 16.7. The summed E-state index contributed by atoms with van der Waals surface area (Å²) in [5, 5.41) is 3.33. The smallest absolute Gasteiger partial charge is 0.270 e. The van der Waals surface area contributed by atoms with Crippen molar-refractivity contribution < 1.29 is 13.6 Å². The number of carbonyl (C=O) groups excluding carboxylic acids is 1. The van der Waals surface area contributed by atoms with E-state index in [1.807, 2.05) is 0 Å². The van der Waals surface area contributed by atoms with Crippen LogP contribution in [-0.4, -0.2) is 48.0 Å². The first-order chi connectivity index (χ1) is 10.1. The quantitative estimate of drug-likeness (QED) is 0.874. The number of likely N-dealkylation sites (tertiary alicyclic amines) is 1. The van der Waals surface area contributed by atoms with E-state index in [4.69, 9.17) is 0 Å². The first-order valence-corrected chi connectivity index (χ1v) is 7.55. The summed E-state index contributed by atoms with van der Waals surface area (Å²) in [6, 6.07) is 3.27. The van der Waals surface area contributed by atoms with Gasteiger partial charge in [0.15, 0.2) is 0 Å². The van der Waals surface area contributed by atoms with Gasteiger partial charge in [0.1, 0.15) is 5.69 Å². The van der Waals surface area contributed by atoms with Crippen molar-refractivity contribution in [2.24, 2.45) is 5.92 Å². The monoisotopic (exact) mass is 299 g/mol. The Labute approximate surface area is 124 Å². The molecule has 0 atom stereocenters. The van der Waals surface area contributed by atoms with Gasteiger partial charge in [-0.15, -0.1) is 0 Å². The minimum Gasteiger partial charge on any atom is -0.338 e. The Morgan fingerprint density at radius 3 is 2.76 bits per heavy atom. The largest absolute Gasteiger partial charge is 0.338 e. The van der Waals surface area contributed by atoms with Gasteiger partial charge < -0.3 is 14.8 Å².